The summed E-state index contributed by atoms with van der Waals surface area (Å²) in [6.45, 7) is 0. The van der Waals surface area contributed by atoms with Gasteiger partial charge in [0, 0.05) is 33.6 Å². The van der Waals surface area contributed by atoms with Crippen molar-refractivity contribution in [2.75, 3.05) is 10.6 Å². The van der Waals surface area contributed by atoms with Gasteiger partial charge in [-0.2, -0.15) is 0 Å². The largest absolute Gasteiger partial charge is 0.457 e. The van der Waals surface area contributed by atoms with Crippen LogP contribution < -0.4 is 15.4 Å². The van der Waals surface area contributed by atoms with Crippen LogP contribution in [0.1, 0.15) is 11.1 Å². The van der Waals surface area contributed by atoms with Crippen molar-refractivity contribution in [3.8, 4) is 11.5 Å². The maximum Gasteiger partial charge on any atom is 0.248 e. The van der Waals surface area contributed by atoms with E-state index in [1.54, 1.807) is 84.9 Å². The molecule has 0 atom stereocenters. The van der Waals surface area contributed by atoms with Crippen molar-refractivity contribution < 1.29 is 14.3 Å². The highest BCUT2D eigenvalue weighted by molar-refractivity contribution is 6.30. The molecule has 4 aromatic rings. The van der Waals surface area contributed by atoms with E-state index in [0.29, 0.717) is 32.9 Å². The van der Waals surface area contributed by atoms with Crippen LogP contribution in [0.4, 0.5) is 11.4 Å². The second-order valence-corrected chi connectivity index (χ2v) is 8.77. The lowest BCUT2D eigenvalue weighted by Gasteiger charge is -2.08. The third-order valence-corrected chi connectivity index (χ3v) is 5.58. The summed E-state index contributed by atoms with van der Waals surface area (Å²) in [7, 11) is 0. The molecule has 0 unspecified atom stereocenters. The van der Waals surface area contributed by atoms with Crippen LogP contribution in [-0.4, -0.2) is 11.8 Å². The van der Waals surface area contributed by atoms with Gasteiger partial charge in [-0.25, -0.2) is 0 Å². The summed E-state index contributed by atoms with van der Waals surface area (Å²) in [6, 6.07) is 28.5. The van der Waals surface area contributed by atoms with Gasteiger partial charge in [0.05, 0.1) is 0 Å². The number of halogens is 2. The Morgan fingerprint density at radius 1 is 0.541 bits per heavy atom. The highest BCUT2D eigenvalue weighted by atomic mass is 35.5. The zero-order chi connectivity index (χ0) is 26.0. The average molecular weight is 529 g/mol. The van der Waals surface area contributed by atoms with E-state index in [-0.39, 0.29) is 11.8 Å². The molecule has 0 aliphatic heterocycles. The molecule has 0 spiro atoms. The van der Waals surface area contributed by atoms with Gasteiger partial charge in [0.1, 0.15) is 11.5 Å². The predicted octanol–water partition coefficient (Wildman–Crippen LogP) is 8.09. The molecule has 0 bridgehead atoms. The number of hydrogen-bond acceptors (Lipinski definition) is 3. The Morgan fingerprint density at radius 3 is 1.24 bits per heavy atom. The van der Waals surface area contributed by atoms with Crippen LogP contribution in [0, 0.1) is 0 Å². The number of rotatable bonds is 8. The number of carbonyl (C=O) groups is 2. The minimum absolute atomic E-state index is 0.246. The fraction of sp³-hybridized carbons (Fsp3) is 0. The lowest BCUT2D eigenvalue weighted by Crippen LogP contribution is -2.07. The number of ether oxygens (including phenoxy) is 1. The van der Waals surface area contributed by atoms with Crippen LogP contribution in [0.3, 0.4) is 0 Å². The smallest absolute Gasteiger partial charge is 0.248 e. The fourth-order valence-corrected chi connectivity index (χ4v) is 3.46. The minimum atomic E-state index is -0.246. The quantitative estimate of drug-likeness (QED) is 0.227. The molecule has 0 aliphatic carbocycles. The second-order valence-electron chi connectivity index (χ2n) is 7.90. The van der Waals surface area contributed by atoms with Crippen molar-refractivity contribution in [1.82, 2.24) is 0 Å². The maximum absolute atomic E-state index is 12.2. The van der Waals surface area contributed by atoms with E-state index in [9.17, 15) is 9.59 Å². The third kappa shape index (κ3) is 8.39. The molecule has 0 radical (unpaired) electrons. The Morgan fingerprint density at radius 2 is 0.892 bits per heavy atom. The van der Waals surface area contributed by atoms with E-state index in [1.807, 2.05) is 24.3 Å². The first-order valence-corrected chi connectivity index (χ1v) is 12.1. The number of hydrogen-bond donors (Lipinski definition) is 2. The molecule has 5 nitrogen and oxygen atoms in total. The van der Waals surface area contributed by atoms with E-state index in [0.717, 1.165) is 11.1 Å². The molecular weight excluding hydrogens is 507 g/mol. The van der Waals surface area contributed by atoms with Crippen molar-refractivity contribution >= 4 is 58.5 Å². The van der Waals surface area contributed by atoms with Gasteiger partial charge in [-0.1, -0.05) is 47.5 Å². The van der Waals surface area contributed by atoms with Gasteiger partial charge in [-0.05, 0) is 96.1 Å². The first-order valence-electron chi connectivity index (χ1n) is 11.3. The van der Waals surface area contributed by atoms with Gasteiger partial charge in [0.2, 0.25) is 11.8 Å². The number of anilines is 2. The topological polar surface area (TPSA) is 67.4 Å². The van der Waals surface area contributed by atoms with Gasteiger partial charge in [-0.15, -0.1) is 0 Å². The molecule has 0 heterocycles. The van der Waals surface area contributed by atoms with Crippen molar-refractivity contribution in [1.29, 1.82) is 0 Å². The van der Waals surface area contributed by atoms with Crippen LogP contribution in [-0.2, 0) is 9.59 Å². The van der Waals surface area contributed by atoms with Crippen molar-refractivity contribution in [2.24, 2.45) is 0 Å². The molecule has 7 heteroatoms. The van der Waals surface area contributed by atoms with E-state index in [1.165, 1.54) is 12.2 Å². The van der Waals surface area contributed by atoms with Crippen LogP contribution in [0.25, 0.3) is 12.2 Å². The normalized spacial score (nSPS) is 11.0. The monoisotopic (exact) mass is 528 g/mol. The van der Waals surface area contributed by atoms with Gasteiger partial charge in [-0.3, -0.25) is 9.59 Å². The molecule has 0 saturated heterocycles. The maximum atomic E-state index is 12.2. The molecule has 2 amide bonds. The van der Waals surface area contributed by atoms with Gasteiger partial charge >= 0.3 is 0 Å². The summed E-state index contributed by atoms with van der Waals surface area (Å²) in [5.74, 6) is 0.725. The summed E-state index contributed by atoms with van der Waals surface area (Å²) >= 11 is 11.7. The average Bonchev–Trinajstić information content (AvgIpc) is 2.90. The predicted molar refractivity (Wildman–Crippen MR) is 151 cm³/mol. The standard InChI is InChI=1S/C30H22Cl2N2O3/c31-23-7-1-21(2-8-23)5-19-29(35)33-25-11-15-27(16-12-25)37-28-17-13-26(14-18-28)34-30(36)20-6-22-3-9-24(32)10-4-22/h1-20H,(H,33,35)(H,34,36)/b19-5+,20-6+. The highest BCUT2D eigenvalue weighted by Crippen LogP contribution is 2.24. The summed E-state index contributed by atoms with van der Waals surface area (Å²) in [4.78, 5) is 24.3. The van der Waals surface area contributed by atoms with Crippen molar-refractivity contribution in [3.05, 3.63) is 130 Å². The first-order chi connectivity index (χ1) is 17.9. The van der Waals surface area contributed by atoms with Crippen LogP contribution in [0.2, 0.25) is 10.0 Å². The first kappa shape index (κ1) is 25.8. The van der Waals surface area contributed by atoms with Crippen LogP contribution in [0.15, 0.2) is 109 Å². The van der Waals surface area contributed by atoms with Crippen molar-refractivity contribution in [3.63, 3.8) is 0 Å². The number of benzene rings is 4. The molecule has 4 rings (SSSR count). The van der Waals surface area contributed by atoms with Crippen LogP contribution in [0.5, 0.6) is 11.5 Å². The lowest BCUT2D eigenvalue weighted by atomic mass is 10.2. The Bertz CT molecular complexity index is 1300. The molecule has 0 aromatic heterocycles. The van der Waals surface area contributed by atoms with E-state index in [2.05, 4.69) is 10.6 Å². The Kier molecular flexibility index (Phi) is 8.76. The molecule has 0 aliphatic rings. The van der Waals surface area contributed by atoms with Crippen molar-refractivity contribution in [2.45, 2.75) is 0 Å². The van der Waals surface area contributed by atoms with E-state index >= 15 is 0 Å². The molecule has 2 N–H and O–H groups in total. The highest BCUT2D eigenvalue weighted by Gasteiger charge is 2.03. The Labute approximate surface area is 225 Å². The summed E-state index contributed by atoms with van der Waals surface area (Å²) in [5.41, 5.74) is 3.04. The molecule has 37 heavy (non-hydrogen) atoms. The summed E-state index contributed by atoms with van der Waals surface area (Å²) in [5, 5.41) is 6.90. The number of nitrogens with one attached hydrogen (secondary N) is 2. The SMILES string of the molecule is O=C(/C=C/c1ccc(Cl)cc1)Nc1ccc(Oc2ccc(NC(=O)/C=C/c3ccc(Cl)cc3)cc2)cc1. The van der Waals surface area contributed by atoms with E-state index < -0.39 is 0 Å². The second kappa shape index (κ2) is 12.6. The minimum Gasteiger partial charge on any atom is -0.457 e. The summed E-state index contributed by atoms with van der Waals surface area (Å²) in [6.07, 6.45) is 6.35. The number of carbonyl (C=O) groups excluding carboxylic acids is 2. The molecule has 0 saturated carbocycles. The van der Waals surface area contributed by atoms with Crippen LogP contribution >= 0.6 is 23.2 Å². The molecular formula is C30H22Cl2N2O3. The molecule has 0 fully saturated rings. The van der Waals surface area contributed by atoms with Gasteiger partial charge in [0.15, 0.2) is 0 Å². The molecule has 184 valence electrons. The fourth-order valence-electron chi connectivity index (χ4n) is 3.21. The lowest BCUT2D eigenvalue weighted by molar-refractivity contribution is -0.112. The van der Waals surface area contributed by atoms with Gasteiger partial charge in [0.25, 0.3) is 0 Å². The number of amides is 2. The zero-order valence-corrected chi connectivity index (χ0v) is 21.0. The zero-order valence-electron chi connectivity index (χ0n) is 19.5. The Hall–Kier alpha value is -4.32. The third-order valence-electron chi connectivity index (χ3n) is 5.07. The summed E-state index contributed by atoms with van der Waals surface area (Å²) < 4.78 is 5.85. The van der Waals surface area contributed by atoms with Gasteiger partial charge < -0.3 is 15.4 Å². The Balaban J connectivity index is 1.26. The molecule has 4 aromatic carbocycles. The van der Waals surface area contributed by atoms with E-state index in [4.69, 9.17) is 27.9 Å².